The lowest BCUT2D eigenvalue weighted by atomic mass is 9.45. The predicted molar refractivity (Wildman–Crippen MR) is 87.3 cm³/mol. The first-order valence-electron chi connectivity index (χ1n) is 8.17. The summed E-state index contributed by atoms with van der Waals surface area (Å²) in [6.45, 7) is 13.7. The van der Waals surface area contributed by atoms with E-state index < -0.39 is 0 Å². The van der Waals surface area contributed by atoms with Crippen LogP contribution in [0.5, 0.6) is 0 Å². The lowest BCUT2D eigenvalue weighted by Gasteiger charge is -2.48. The second-order valence-electron chi connectivity index (χ2n) is 8.01. The minimum Gasteiger partial charge on any atom is -0.313 e. The van der Waals surface area contributed by atoms with Crippen molar-refractivity contribution in [2.24, 2.45) is 11.3 Å². The summed E-state index contributed by atoms with van der Waals surface area (Å²) in [6.07, 6.45) is 4.17. The van der Waals surface area contributed by atoms with E-state index in [0.29, 0.717) is 18.2 Å². The maximum Gasteiger partial charge on any atom is 0.231 e. The van der Waals surface area contributed by atoms with Gasteiger partial charge in [-0.05, 0) is 48.9 Å². The number of nitrogens with zero attached hydrogens (tertiary/aromatic N) is 1. The van der Waals surface area contributed by atoms with Gasteiger partial charge in [0.25, 0.3) is 0 Å². The highest BCUT2D eigenvalue weighted by molar-refractivity contribution is 6.16. The Balaban J connectivity index is 2.53. The van der Waals surface area contributed by atoms with Gasteiger partial charge in [0.1, 0.15) is 7.85 Å². The van der Waals surface area contributed by atoms with Crippen LogP contribution in [0.4, 0.5) is 0 Å². The maximum atomic E-state index is 12.4. The lowest BCUT2D eigenvalue weighted by molar-refractivity contribution is -0.128. The van der Waals surface area contributed by atoms with Crippen LogP contribution in [0.3, 0.4) is 0 Å². The van der Waals surface area contributed by atoms with Crippen molar-refractivity contribution in [2.45, 2.75) is 78.6 Å². The number of carbonyl (C=O) groups excluding carboxylic acids is 1. The van der Waals surface area contributed by atoms with Crippen molar-refractivity contribution in [2.75, 3.05) is 0 Å². The number of rotatable bonds is 2. The zero-order chi connectivity index (χ0) is 15.3. The fourth-order valence-corrected chi connectivity index (χ4v) is 4.38. The molecule has 1 unspecified atom stereocenters. The first-order chi connectivity index (χ1) is 9.13. The first-order valence-corrected chi connectivity index (χ1v) is 8.17. The molecule has 2 nitrogen and oxygen atoms in total. The van der Waals surface area contributed by atoms with Crippen LogP contribution in [0.15, 0.2) is 11.3 Å². The molecule has 20 heavy (non-hydrogen) atoms. The Bertz CT molecular complexity index is 450. The van der Waals surface area contributed by atoms with Crippen molar-refractivity contribution in [1.29, 1.82) is 0 Å². The third-order valence-electron chi connectivity index (χ3n) is 6.32. The Morgan fingerprint density at radius 2 is 1.80 bits per heavy atom. The van der Waals surface area contributed by atoms with Crippen molar-refractivity contribution in [3.8, 4) is 0 Å². The van der Waals surface area contributed by atoms with Gasteiger partial charge in [-0.25, -0.2) is 0 Å². The number of allylic oxidation sites excluding steroid dienone is 1. The molecule has 0 saturated heterocycles. The van der Waals surface area contributed by atoms with Gasteiger partial charge in [-0.3, -0.25) is 4.79 Å². The molecule has 2 aliphatic rings. The van der Waals surface area contributed by atoms with E-state index in [9.17, 15) is 4.79 Å². The average Bonchev–Trinajstić information content (AvgIpc) is 2.61. The standard InChI is InChI=1S/C17H30BNO/c1-11(2)17(18)9-7-8-14-13(16(17,5)6)10-15(20)19(14)12(3)4/h11-12H,7-10,18H2,1-6H3. The van der Waals surface area contributed by atoms with E-state index in [-0.39, 0.29) is 16.8 Å². The van der Waals surface area contributed by atoms with E-state index in [2.05, 4.69) is 54.3 Å². The Kier molecular flexibility index (Phi) is 3.86. The van der Waals surface area contributed by atoms with Gasteiger partial charge < -0.3 is 4.90 Å². The molecule has 0 fully saturated rings. The van der Waals surface area contributed by atoms with Crippen molar-refractivity contribution < 1.29 is 4.79 Å². The van der Waals surface area contributed by atoms with Crippen LogP contribution >= 0.6 is 0 Å². The van der Waals surface area contributed by atoms with E-state index in [1.807, 2.05) is 0 Å². The Labute approximate surface area is 125 Å². The van der Waals surface area contributed by atoms with Crippen LogP contribution in [0, 0.1) is 11.3 Å². The summed E-state index contributed by atoms with van der Waals surface area (Å²) < 4.78 is 0. The van der Waals surface area contributed by atoms with E-state index in [0.717, 1.165) is 6.42 Å². The molecular formula is C17H30BNO. The van der Waals surface area contributed by atoms with Crippen LogP contribution in [0.2, 0.25) is 5.31 Å². The predicted octanol–water partition coefficient (Wildman–Crippen LogP) is 3.54. The van der Waals surface area contributed by atoms with E-state index >= 15 is 0 Å². The largest absolute Gasteiger partial charge is 0.313 e. The van der Waals surface area contributed by atoms with Crippen molar-refractivity contribution in [3.63, 3.8) is 0 Å². The molecule has 1 aliphatic heterocycles. The molecule has 1 aliphatic carbocycles. The quantitative estimate of drug-likeness (QED) is 0.706. The van der Waals surface area contributed by atoms with Gasteiger partial charge in [0.15, 0.2) is 0 Å². The maximum absolute atomic E-state index is 12.4. The normalized spacial score (nSPS) is 30.2. The topological polar surface area (TPSA) is 20.3 Å². The highest BCUT2D eigenvalue weighted by Gasteiger charge is 2.50. The van der Waals surface area contributed by atoms with E-state index in [4.69, 9.17) is 0 Å². The summed E-state index contributed by atoms with van der Waals surface area (Å²) in [6, 6.07) is 0.286. The molecule has 0 saturated carbocycles. The summed E-state index contributed by atoms with van der Waals surface area (Å²) >= 11 is 0. The summed E-state index contributed by atoms with van der Waals surface area (Å²) in [7, 11) is 2.43. The molecule has 1 atom stereocenters. The van der Waals surface area contributed by atoms with Gasteiger partial charge in [0.2, 0.25) is 5.91 Å². The van der Waals surface area contributed by atoms with E-state index in [1.54, 1.807) is 0 Å². The first kappa shape index (κ1) is 15.7. The third kappa shape index (κ3) is 2.05. The zero-order valence-corrected chi connectivity index (χ0v) is 14.3. The minimum atomic E-state index is 0.103. The van der Waals surface area contributed by atoms with Crippen molar-refractivity contribution >= 4 is 13.8 Å². The monoisotopic (exact) mass is 275 g/mol. The Morgan fingerprint density at radius 1 is 1.20 bits per heavy atom. The highest BCUT2D eigenvalue weighted by atomic mass is 16.2. The molecular weight excluding hydrogens is 245 g/mol. The van der Waals surface area contributed by atoms with Crippen LogP contribution in [0.1, 0.15) is 67.2 Å². The molecule has 112 valence electrons. The molecule has 3 heteroatoms. The average molecular weight is 275 g/mol. The fraction of sp³-hybridized carbons (Fsp3) is 0.824. The lowest BCUT2D eigenvalue weighted by Crippen LogP contribution is -2.37. The second-order valence-corrected chi connectivity index (χ2v) is 8.01. The molecule has 1 amide bonds. The number of amides is 1. The molecule has 0 N–H and O–H groups in total. The van der Waals surface area contributed by atoms with Gasteiger partial charge in [0, 0.05) is 11.7 Å². The van der Waals surface area contributed by atoms with Crippen molar-refractivity contribution in [3.05, 3.63) is 11.3 Å². The molecule has 0 aromatic rings. The SMILES string of the molecule is BC1(C(C)C)CCCC2=C(CC(=O)N2C(C)C)C1(C)C. The molecule has 0 bridgehead atoms. The fourth-order valence-electron chi connectivity index (χ4n) is 4.38. The minimum absolute atomic E-state index is 0.103. The summed E-state index contributed by atoms with van der Waals surface area (Å²) in [5, 5.41) is 0.275. The Hall–Kier alpha value is -0.725. The van der Waals surface area contributed by atoms with Crippen LogP contribution < -0.4 is 0 Å². The van der Waals surface area contributed by atoms with E-state index in [1.165, 1.54) is 24.1 Å². The van der Waals surface area contributed by atoms with Gasteiger partial charge in [-0.1, -0.05) is 34.1 Å². The third-order valence-corrected chi connectivity index (χ3v) is 6.32. The highest BCUT2D eigenvalue weighted by Crippen LogP contribution is 2.61. The molecule has 1 heterocycles. The molecule has 0 aromatic carbocycles. The zero-order valence-electron chi connectivity index (χ0n) is 14.3. The number of hydrogen-bond donors (Lipinski definition) is 0. The van der Waals surface area contributed by atoms with Gasteiger partial charge in [0.05, 0.1) is 6.42 Å². The van der Waals surface area contributed by atoms with Gasteiger partial charge >= 0.3 is 0 Å². The molecule has 2 rings (SSSR count). The van der Waals surface area contributed by atoms with Crippen LogP contribution in [-0.2, 0) is 4.79 Å². The van der Waals surface area contributed by atoms with Gasteiger partial charge in [-0.2, -0.15) is 0 Å². The van der Waals surface area contributed by atoms with Crippen LogP contribution in [0.25, 0.3) is 0 Å². The summed E-state index contributed by atoms with van der Waals surface area (Å²) in [5.41, 5.74) is 2.87. The number of carbonyl (C=O) groups is 1. The van der Waals surface area contributed by atoms with Crippen molar-refractivity contribution in [1.82, 2.24) is 4.90 Å². The second kappa shape index (κ2) is 4.93. The molecule has 0 aromatic heterocycles. The summed E-state index contributed by atoms with van der Waals surface area (Å²) in [5.74, 6) is 0.943. The van der Waals surface area contributed by atoms with Crippen LogP contribution in [-0.4, -0.2) is 24.7 Å². The molecule has 0 spiro atoms. The smallest absolute Gasteiger partial charge is 0.231 e. The van der Waals surface area contributed by atoms with Gasteiger partial charge in [-0.15, -0.1) is 0 Å². The summed E-state index contributed by atoms with van der Waals surface area (Å²) in [4.78, 5) is 14.5. The molecule has 0 radical (unpaired) electrons. The Morgan fingerprint density at radius 3 is 2.30 bits per heavy atom. The number of hydrogen-bond acceptors (Lipinski definition) is 1.